The molecule has 6 N–H and O–H groups in total. The summed E-state index contributed by atoms with van der Waals surface area (Å²) in [6, 6.07) is 7.59. The van der Waals surface area contributed by atoms with E-state index in [0.717, 1.165) is 6.07 Å². The van der Waals surface area contributed by atoms with Gasteiger partial charge in [0.15, 0.2) is 29.0 Å². The van der Waals surface area contributed by atoms with Crippen molar-refractivity contribution in [3.63, 3.8) is 0 Å². The fourth-order valence-electron chi connectivity index (χ4n) is 4.02. The van der Waals surface area contributed by atoms with Crippen LogP contribution in [-0.4, -0.2) is 90.2 Å². The van der Waals surface area contributed by atoms with Crippen molar-refractivity contribution in [3.8, 4) is 34.3 Å². The van der Waals surface area contributed by atoms with Gasteiger partial charge >= 0.3 is 26.8 Å². The van der Waals surface area contributed by atoms with Crippen molar-refractivity contribution in [3.05, 3.63) is 46.6 Å². The molecule has 1 aliphatic heterocycles. The summed E-state index contributed by atoms with van der Waals surface area (Å²) >= 11 is 0. The standard InChI is InChI=1S/C22H20O18S2/c1-35-9-4-2-8(3-5-9)13-7-11(24)14-10(23)6-12(25)16(17(14)36-13)37-22-19(40-42(32,33)34)15(26)18(39-41(29,30)31)20(38-22)21(27)28/h2-7,15,18-20,22-23,25-26H,1H3,(H,27,28)(H,29,30,31)(H,32,33,34)/t15-,18+,19+,20-,22-/m1/s1. The minimum Gasteiger partial charge on any atom is -0.507 e. The number of carboxylic acid groups (broad SMARTS) is 1. The summed E-state index contributed by atoms with van der Waals surface area (Å²) in [6.07, 6.45) is -12.7. The van der Waals surface area contributed by atoms with Crippen LogP contribution < -0.4 is 14.9 Å². The largest absolute Gasteiger partial charge is 0.507 e. The zero-order valence-corrected chi connectivity index (χ0v) is 22.4. The molecule has 20 heteroatoms. The lowest BCUT2D eigenvalue weighted by atomic mass is 9.99. The number of aliphatic hydroxyl groups is 1. The van der Waals surface area contributed by atoms with Crippen LogP contribution in [0.15, 0.2) is 45.6 Å². The number of phenolic OH excluding ortho intramolecular Hbond substituents is 2. The number of hydrogen-bond donors (Lipinski definition) is 6. The van der Waals surface area contributed by atoms with Crippen molar-refractivity contribution in [1.29, 1.82) is 0 Å². The highest BCUT2D eigenvalue weighted by Crippen LogP contribution is 2.42. The van der Waals surface area contributed by atoms with Gasteiger partial charge < -0.3 is 39.1 Å². The third-order valence-electron chi connectivity index (χ3n) is 5.75. The van der Waals surface area contributed by atoms with Crippen molar-refractivity contribution >= 4 is 37.7 Å². The van der Waals surface area contributed by atoms with Crippen LogP contribution in [0.25, 0.3) is 22.3 Å². The second-order valence-corrected chi connectivity index (χ2v) is 10.6. The van der Waals surface area contributed by atoms with Gasteiger partial charge in [0.2, 0.25) is 12.0 Å². The van der Waals surface area contributed by atoms with E-state index in [-0.39, 0.29) is 11.3 Å². The van der Waals surface area contributed by atoms with E-state index in [1.165, 1.54) is 31.4 Å². The number of ether oxygens (including phenoxy) is 3. The zero-order valence-electron chi connectivity index (χ0n) is 20.7. The lowest BCUT2D eigenvalue weighted by Gasteiger charge is -2.40. The highest BCUT2D eigenvalue weighted by molar-refractivity contribution is 7.81. The van der Waals surface area contributed by atoms with Gasteiger partial charge in [0.1, 0.15) is 34.9 Å². The van der Waals surface area contributed by atoms with Crippen LogP contribution in [0, 0.1) is 0 Å². The lowest BCUT2D eigenvalue weighted by molar-refractivity contribution is -0.261. The molecule has 1 aliphatic rings. The van der Waals surface area contributed by atoms with E-state index in [2.05, 4.69) is 8.37 Å². The molecule has 0 radical (unpaired) electrons. The minimum atomic E-state index is -5.52. The first-order valence-corrected chi connectivity index (χ1v) is 13.9. The Morgan fingerprint density at radius 2 is 1.52 bits per heavy atom. The number of carbonyl (C=O) groups is 1. The first kappa shape index (κ1) is 30.9. The van der Waals surface area contributed by atoms with Gasteiger partial charge in [0.05, 0.1) is 7.11 Å². The molecule has 0 aliphatic carbocycles. The smallest absolute Gasteiger partial charge is 0.397 e. The Kier molecular flexibility index (Phi) is 8.35. The van der Waals surface area contributed by atoms with Gasteiger partial charge in [0.25, 0.3) is 0 Å². The quantitative estimate of drug-likeness (QED) is 0.166. The number of benzene rings is 2. The SMILES string of the molecule is COc1ccc(-c2cc(=O)c3c(O)cc(O)c(O[C@@H]4O[C@@H](C(=O)O)[C@@H](OS(=O)(=O)O)[C@@H](O)[C@@H]4OS(=O)(=O)O)c3o2)cc1. The summed E-state index contributed by atoms with van der Waals surface area (Å²) in [5.41, 5.74) is -1.26. The van der Waals surface area contributed by atoms with Gasteiger partial charge in [-0.1, -0.05) is 0 Å². The number of phenols is 2. The third kappa shape index (κ3) is 6.55. The first-order chi connectivity index (χ1) is 19.5. The average molecular weight is 637 g/mol. The van der Waals surface area contributed by atoms with E-state index >= 15 is 0 Å². The van der Waals surface area contributed by atoms with E-state index in [4.69, 9.17) is 23.2 Å². The van der Waals surface area contributed by atoms with Crippen molar-refractivity contribution in [2.45, 2.75) is 30.7 Å². The minimum absolute atomic E-state index is 0.148. The monoisotopic (exact) mass is 636 g/mol. The number of aliphatic carboxylic acids is 1. The van der Waals surface area contributed by atoms with Crippen LogP contribution in [0.4, 0.5) is 0 Å². The van der Waals surface area contributed by atoms with Gasteiger partial charge in [-0.15, -0.1) is 0 Å². The topological polar surface area (TPSA) is 283 Å². The third-order valence-corrected chi connectivity index (χ3v) is 6.68. The van der Waals surface area contributed by atoms with Crippen LogP contribution in [0.3, 0.4) is 0 Å². The van der Waals surface area contributed by atoms with Crippen molar-refractivity contribution in [2.24, 2.45) is 0 Å². The summed E-state index contributed by atoms with van der Waals surface area (Å²) in [6.45, 7) is 0. The second kappa shape index (κ2) is 11.3. The predicted octanol–water partition coefficient (Wildman–Crippen LogP) is -0.195. The van der Waals surface area contributed by atoms with E-state index in [9.17, 15) is 51.4 Å². The molecular formula is C22H20O18S2. The summed E-state index contributed by atoms with van der Waals surface area (Å²) in [5.74, 6) is -4.38. The molecule has 5 atom stereocenters. The summed E-state index contributed by atoms with van der Waals surface area (Å²) in [5, 5.41) is 40.4. The van der Waals surface area contributed by atoms with Crippen LogP contribution in [-0.2, 0) is 38.7 Å². The summed E-state index contributed by atoms with van der Waals surface area (Å²) in [4.78, 5) is 24.7. The van der Waals surface area contributed by atoms with E-state index in [0.29, 0.717) is 11.8 Å². The Bertz CT molecular complexity index is 1780. The molecule has 1 saturated heterocycles. The molecule has 1 aromatic heterocycles. The molecule has 1 fully saturated rings. The number of aliphatic hydroxyl groups excluding tert-OH is 1. The molecule has 228 valence electrons. The van der Waals surface area contributed by atoms with Gasteiger partial charge in [0, 0.05) is 17.7 Å². The van der Waals surface area contributed by atoms with E-state index in [1.54, 1.807) is 0 Å². The van der Waals surface area contributed by atoms with Gasteiger partial charge in [-0.05, 0) is 24.3 Å². The molecule has 3 aromatic rings. The van der Waals surface area contributed by atoms with E-state index in [1.807, 2.05) is 0 Å². The Balaban J connectivity index is 1.87. The highest BCUT2D eigenvalue weighted by atomic mass is 32.3. The molecule has 0 spiro atoms. The fraction of sp³-hybridized carbons (Fsp3) is 0.273. The average Bonchev–Trinajstić information content (AvgIpc) is 2.87. The molecule has 0 saturated carbocycles. The predicted molar refractivity (Wildman–Crippen MR) is 134 cm³/mol. The molecule has 0 amide bonds. The van der Waals surface area contributed by atoms with Crippen LogP contribution >= 0.6 is 0 Å². The van der Waals surface area contributed by atoms with E-state index < -0.39 is 91.1 Å². The van der Waals surface area contributed by atoms with Crippen molar-refractivity contribution in [2.75, 3.05) is 7.11 Å². The van der Waals surface area contributed by atoms with Crippen molar-refractivity contribution in [1.82, 2.24) is 0 Å². The van der Waals surface area contributed by atoms with Crippen LogP contribution in [0.2, 0.25) is 0 Å². The summed E-state index contributed by atoms with van der Waals surface area (Å²) in [7, 11) is -9.59. The maximum Gasteiger partial charge on any atom is 0.397 e. The fourth-order valence-corrected chi connectivity index (χ4v) is 5.00. The Hall–Kier alpha value is -4.02. The van der Waals surface area contributed by atoms with Gasteiger partial charge in [-0.25, -0.2) is 13.2 Å². The second-order valence-electron chi connectivity index (χ2n) is 8.50. The molecule has 18 nitrogen and oxygen atoms in total. The van der Waals surface area contributed by atoms with Gasteiger partial charge in [-0.2, -0.15) is 16.8 Å². The number of aromatic hydroxyl groups is 2. The molecule has 2 heterocycles. The Morgan fingerprint density at radius 1 is 0.929 bits per heavy atom. The molecular weight excluding hydrogens is 616 g/mol. The Labute approximate surface area is 234 Å². The number of carboxylic acids is 1. The van der Waals surface area contributed by atoms with Crippen LogP contribution in [0.5, 0.6) is 23.0 Å². The zero-order chi connectivity index (χ0) is 31.1. The highest BCUT2D eigenvalue weighted by Gasteiger charge is 2.54. The molecule has 42 heavy (non-hydrogen) atoms. The number of fused-ring (bicyclic) bond motifs is 1. The van der Waals surface area contributed by atoms with Crippen molar-refractivity contribution < 1.29 is 78.2 Å². The molecule has 4 rings (SSSR count). The molecule has 2 aromatic carbocycles. The lowest BCUT2D eigenvalue weighted by Crippen LogP contribution is -2.63. The Morgan fingerprint density at radius 3 is 2.07 bits per heavy atom. The number of hydrogen-bond acceptors (Lipinski definition) is 15. The summed E-state index contributed by atoms with van der Waals surface area (Å²) < 4.78 is 93.4. The molecule has 0 unspecified atom stereocenters. The maximum atomic E-state index is 12.9. The van der Waals surface area contributed by atoms with Crippen LogP contribution in [0.1, 0.15) is 0 Å². The number of rotatable bonds is 9. The normalized spacial score (nSPS) is 23.0. The first-order valence-electron chi connectivity index (χ1n) is 11.2. The number of methoxy groups -OCH3 is 1. The van der Waals surface area contributed by atoms with Gasteiger partial charge in [-0.3, -0.25) is 13.9 Å². The molecule has 0 bridgehead atoms. The maximum absolute atomic E-state index is 12.9.